The third-order valence-corrected chi connectivity index (χ3v) is 5.01. The van der Waals surface area contributed by atoms with Gasteiger partial charge in [0.15, 0.2) is 6.61 Å². The number of hydrogen-bond donors (Lipinski definition) is 0. The van der Waals surface area contributed by atoms with Gasteiger partial charge in [-0.15, -0.1) is 0 Å². The van der Waals surface area contributed by atoms with Crippen LogP contribution >= 0.6 is 31.9 Å². The lowest BCUT2D eigenvalue weighted by Gasteiger charge is -2.10. The molecule has 0 saturated heterocycles. The first-order valence-electron chi connectivity index (χ1n) is 8.16. The summed E-state index contributed by atoms with van der Waals surface area (Å²) >= 11 is 7.01. The molecule has 2 aromatic rings. The summed E-state index contributed by atoms with van der Waals surface area (Å²) in [7, 11) is 0. The van der Waals surface area contributed by atoms with Crippen molar-refractivity contribution in [2.75, 3.05) is 13.2 Å². The molecule has 0 aliphatic rings. The van der Waals surface area contributed by atoms with Gasteiger partial charge in [-0.05, 0) is 41.4 Å². The number of rotatable bonds is 8. The number of alkyl halides is 1. The standard InChI is InChI=1S/C18H20Br2N2O3/c1-3-5-7-22-14-10-13(20)16(25-8-6-21)9-12(14)17(15(22)11-19)18(23)24-4-2/h9-10H,3-5,7-8,11H2,1-2H3. The molecule has 0 N–H and O–H groups in total. The third-order valence-electron chi connectivity index (χ3n) is 3.86. The molecule has 0 fully saturated rings. The molecule has 0 saturated carbocycles. The molecule has 1 aromatic carbocycles. The second-order valence-electron chi connectivity index (χ2n) is 5.43. The minimum absolute atomic E-state index is 0.0549. The molecule has 0 bridgehead atoms. The fourth-order valence-corrected chi connectivity index (χ4v) is 3.79. The molecule has 1 aromatic heterocycles. The van der Waals surface area contributed by atoms with E-state index >= 15 is 0 Å². The van der Waals surface area contributed by atoms with E-state index < -0.39 is 0 Å². The number of nitriles is 1. The van der Waals surface area contributed by atoms with Gasteiger partial charge in [-0.3, -0.25) is 0 Å². The smallest absolute Gasteiger partial charge is 0.340 e. The summed E-state index contributed by atoms with van der Waals surface area (Å²) < 4.78 is 13.6. The van der Waals surface area contributed by atoms with Crippen LogP contribution in [0.3, 0.4) is 0 Å². The van der Waals surface area contributed by atoms with Gasteiger partial charge in [0.05, 0.1) is 22.2 Å². The number of aromatic nitrogens is 1. The van der Waals surface area contributed by atoms with Crippen LogP contribution in [0, 0.1) is 11.3 Å². The van der Waals surface area contributed by atoms with E-state index in [4.69, 9.17) is 14.7 Å². The van der Waals surface area contributed by atoms with Crippen molar-refractivity contribution in [3.8, 4) is 11.8 Å². The fraction of sp³-hybridized carbons (Fsp3) is 0.444. The zero-order chi connectivity index (χ0) is 18.4. The summed E-state index contributed by atoms with van der Waals surface area (Å²) in [6.45, 7) is 5.00. The molecule has 0 unspecified atom stereocenters. The number of carbonyl (C=O) groups excluding carboxylic acids is 1. The van der Waals surface area contributed by atoms with E-state index in [0.29, 0.717) is 23.2 Å². The molecule has 0 spiro atoms. The zero-order valence-corrected chi connectivity index (χ0v) is 17.4. The van der Waals surface area contributed by atoms with Gasteiger partial charge in [-0.2, -0.15) is 5.26 Å². The largest absolute Gasteiger partial charge is 0.478 e. The SMILES string of the molecule is CCCCn1c(CBr)c(C(=O)OCC)c2cc(OCC#N)c(Br)cc21. The molecule has 2 rings (SSSR count). The highest BCUT2D eigenvalue weighted by molar-refractivity contribution is 9.10. The van der Waals surface area contributed by atoms with Crippen molar-refractivity contribution >= 4 is 48.7 Å². The maximum absolute atomic E-state index is 12.6. The highest BCUT2D eigenvalue weighted by Gasteiger charge is 2.24. The Morgan fingerprint density at radius 1 is 1.36 bits per heavy atom. The number of esters is 1. The Bertz CT molecular complexity index is 809. The van der Waals surface area contributed by atoms with Crippen molar-refractivity contribution in [2.24, 2.45) is 0 Å². The van der Waals surface area contributed by atoms with Crippen LogP contribution in [0.15, 0.2) is 16.6 Å². The maximum Gasteiger partial charge on any atom is 0.340 e. The van der Waals surface area contributed by atoms with Gasteiger partial charge < -0.3 is 14.0 Å². The lowest BCUT2D eigenvalue weighted by atomic mass is 10.1. The summed E-state index contributed by atoms with van der Waals surface area (Å²) in [5, 5.41) is 10.1. The van der Waals surface area contributed by atoms with Gasteiger partial charge in [0.1, 0.15) is 11.8 Å². The topological polar surface area (TPSA) is 64.2 Å². The summed E-state index contributed by atoms with van der Waals surface area (Å²) in [4.78, 5) is 12.6. The number of ether oxygens (including phenoxy) is 2. The molecule has 0 aliphatic heterocycles. The van der Waals surface area contributed by atoms with Crippen LogP contribution < -0.4 is 4.74 Å². The molecule has 134 valence electrons. The lowest BCUT2D eigenvalue weighted by Crippen LogP contribution is -2.09. The molecule has 0 aliphatic carbocycles. The average Bonchev–Trinajstić information content (AvgIpc) is 2.90. The van der Waals surface area contributed by atoms with E-state index in [1.165, 1.54) is 0 Å². The summed E-state index contributed by atoms with van der Waals surface area (Å²) in [6, 6.07) is 5.70. The molecule has 0 radical (unpaired) electrons. The Morgan fingerprint density at radius 3 is 2.72 bits per heavy atom. The number of benzene rings is 1. The van der Waals surface area contributed by atoms with Gasteiger partial charge in [-0.25, -0.2) is 4.79 Å². The number of fused-ring (bicyclic) bond motifs is 1. The van der Waals surface area contributed by atoms with E-state index in [9.17, 15) is 4.79 Å². The number of hydrogen-bond acceptors (Lipinski definition) is 4. The first-order valence-corrected chi connectivity index (χ1v) is 10.1. The summed E-state index contributed by atoms with van der Waals surface area (Å²) in [6.07, 6.45) is 2.07. The van der Waals surface area contributed by atoms with Crippen molar-refractivity contribution in [1.29, 1.82) is 5.26 Å². The van der Waals surface area contributed by atoms with Gasteiger partial charge in [-0.1, -0.05) is 29.3 Å². The normalized spacial score (nSPS) is 10.7. The molecule has 5 nitrogen and oxygen atoms in total. The minimum Gasteiger partial charge on any atom is -0.478 e. The molecule has 1 heterocycles. The summed E-state index contributed by atoms with van der Waals surface area (Å²) in [5.41, 5.74) is 2.40. The molecule has 0 amide bonds. The maximum atomic E-state index is 12.6. The fourth-order valence-electron chi connectivity index (χ4n) is 2.76. The predicted molar refractivity (Wildman–Crippen MR) is 104 cm³/mol. The van der Waals surface area contributed by atoms with Crippen LogP contribution in [0.2, 0.25) is 0 Å². The van der Waals surface area contributed by atoms with Crippen molar-refractivity contribution in [1.82, 2.24) is 4.57 Å². The Morgan fingerprint density at radius 2 is 2.12 bits per heavy atom. The van der Waals surface area contributed by atoms with E-state index in [-0.39, 0.29) is 12.6 Å². The first kappa shape index (κ1) is 19.8. The molecular formula is C18H20Br2N2O3. The Kier molecular flexibility index (Phi) is 7.33. The van der Waals surface area contributed by atoms with E-state index in [1.807, 2.05) is 12.1 Å². The third kappa shape index (κ3) is 4.18. The van der Waals surface area contributed by atoms with Crippen LogP contribution in [0.1, 0.15) is 42.7 Å². The van der Waals surface area contributed by atoms with Crippen LogP contribution in [0.4, 0.5) is 0 Å². The van der Waals surface area contributed by atoms with Crippen LogP contribution in [0.5, 0.6) is 5.75 Å². The Hall–Kier alpha value is -1.52. The second-order valence-corrected chi connectivity index (χ2v) is 6.84. The van der Waals surface area contributed by atoms with Gasteiger partial charge in [0.25, 0.3) is 0 Å². The number of carbonyl (C=O) groups is 1. The second kappa shape index (κ2) is 9.25. The van der Waals surface area contributed by atoms with Gasteiger partial charge >= 0.3 is 5.97 Å². The van der Waals surface area contributed by atoms with Gasteiger partial charge in [0, 0.05) is 23.0 Å². The number of nitrogens with zero attached hydrogens (tertiary/aromatic N) is 2. The van der Waals surface area contributed by atoms with Gasteiger partial charge in [0.2, 0.25) is 0 Å². The monoisotopic (exact) mass is 470 g/mol. The minimum atomic E-state index is -0.342. The first-order chi connectivity index (χ1) is 12.1. The van der Waals surface area contributed by atoms with Crippen molar-refractivity contribution in [3.63, 3.8) is 0 Å². The van der Waals surface area contributed by atoms with E-state index in [1.54, 1.807) is 13.0 Å². The lowest BCUT2D eigenvalue weighted by molar-refractivity contribution is 0.0527. The van der Waals surface area contributed by atoms with Crippen LogP contribution in [0.25, 0.3) is 10.9 Å². The van der Waals surface area contributed by atoms with Crippen LogP contribution in [-0.2, 0) is 16.6 Å². The average molecular weight is 472 g/mol. The van der Waals surface area contributed by atoms with Crippen molar-refractivity contribution in [2.45, 2.75) is 38.6 Å². The van der Waals surface area contributed by atoms with Crippen molar-refractivity contribution < 1.29 is 14.3 Å². The number of halogens is 2. The highest BCUT2D eigenvalue weighted by Crippen LogP contribution is 2.36. The predicted octanol–water partition coefficient (Wildman–Crippen LogP) is 5.18. The number of unbranched alkanes of at least 4 members (excludes halogenated alkanes) is 1. The molecular weight excluding hydrogens is 452 g/mol. The molecule has 0 atom stereocenters. The number of aryl methyl sites for hydroxylation is 1. The quantitative estimate of drug-likeness (QED) is 0.393. The van der Waals surface area contributed by atoms with E-state index in [0.717, 1.165) is 40.5 Å². The Labute approximate surface area is 164 Å². The summed E-state index contributed by atoms with van der Waals surface area (Å²) in [5.74, 6) is 0.194. The van der Waals surface area contributed by atoms with E-state index in [2.05, 4.69) is 43.4 Å². The molecule has 25 heavy (non-hydrogen) atoms. The Balaban J connectivity index is 2.71. The highest BCUT2D eigenvalue weighted by atomic mass is 79.9. The van der Waals surface area contributed by atoms with Crippen LogP contribution in [-0.4, -0.2) is 23.8 Å². The molecule has 7 heteroatoms. The zero-order valence-electron chi connectivity index (χ0n) is 14.3. The van der Waals surface area contributed by atoms with Crippen molar-refractivity contribution in [3.05, 3.63) is 27.9 Å².